The maximum absolute atomic E-state index is 13.7. The fourth-order valence-electron chi connectivity index (χ4n) is 2.08. The maximum atomic E-state index is 13.7. The highest BCUT2D eigenvalue weighted by atomic mass is 19.1. The van der Waals surface area contributed by atoms with Crippen molar-refractivity contribution in [3.8, 4) is 0 Å². The number of hydrogen-bond donors (Lipinski definition) is 2. The lowest BCUT2D eigenvalue weighted by atomic mass is 10.3. The van der Waals surface area contributed by atoms with Crippen LogP contribution in [0, 0.1) is 24.4 Å². The van der Waals surface area contributed by atoms with Crippen molar-refractivity contribution < 1.29 is 13.2 Å². The lowest BCUT2D eigenvalue weighted by Gasteiger charge is -2.10. The summed E-state index contributed by atoms with van der Waals surface area (Å²) in [4.78, 5) is 8.39. The summed E-state index contributed by atoms with van der Waals surface area (Å²) in [6.07, 6.45) is 0. The molecule has 2 N–H and O–H groups in total. The standard InChI is InChI=1S/C17H13F3N4/c1-10-8-16(22-13-5-2-11(18)3-6-13)24-17(21-10)23-15-7-4-12(19)9-14(15)20/h2-9H,1H3,(H2,21,22,23,24). The van der Waals surface area contributed by atoms with Gasteiger partial charge in [-0.15, -0.1) is 0 Å². The summed E-state index contributed by atoms with van der Waals surface area (Å²) in [5, 5.41) is 5.72. The van der Waals surface area contributed by atoms with Gasteiger partial charge in [0.05, 0.1) is 5.69 Å². The van der Waals surface area contributed by atoms with Crippen LogP contribution in [0.2, 0.25) is 0 Å². The molecule has 0 fully saturated rings. The Hall–Kier alpha value is -3.09. The molecule has 7 heteroatoms. The van der Waals surface area contributed by atoms with Crippen LogP contribution in [0.3, 0.4) is 0 Å². The van der Waals surface area contributed by atoms with E-state index in [1.165, 1.54) is 18.2 Å². The van der Waals surface area contributed by atoms with Crippen LogP contribution in [-0.4, -0.2) is 9.97 Å². The molecule has 0 radical (unpaired) electrons. The summed E-state index contributed by atoms with van der Waals surface area (Å²) in [7, 11) is 0. The van der Waals surface area contributed by atoms with Crippen LogP contribution in [0.4, 0.5) is 36.3 Å². The Bertz CT molecular complexity index is 866. The molecule has 4 nitrogen and oxygen atoms in total. The molecule has 0 aliphatic heterocycles. The molecule has 0 aliphatic rings. The molecular formula is C17H13F3N4. The SMILES string of the molecule is Cc1cc(Nc2ccc(F)cc2)nc(Nc2ccc(F)cc2F)n1. The zero-order valence-electron chi connectivity index (χ0n) is 12.6. The monoisotopic (exact) mass is 330 g/mol. The number of rotatable bonds is 4. The second kappa shape index (κ2) is 6.57. The van der Waals surface area contributed by atoms with Crippen LogP contribution in [0.1, 0.15) is 5.69 Å². The third-order valence-electron chi connectivity index (χ3n) is 3.15. The summed E-state index contributed by atoms with van der Waals surface area (Å²) in [5.74, 6) is -1.13. The van der Waals surface area contributed by atoms with Crippen molar-refractivity contribution >= 4 is 23.1 Å². The minimum atomic E-state index is -0.742. The largest absolute Gasteiger partial charge is 0.340 e. The molecule has 1 heterocycles. The quantitative estimate of drug-likeness (QED) is 0.729. The van der Waals surface area contributed by atoms with Crippen molar-refractivity contribution in [2.24, 2.45) is 0 Å². The van der Waals surface area contributed by atoms with Gasteiger partial charge in [-0.1, -0.05) is 0 Å². The van der Waals surface area contributed by atoms with Crippen LogP contribution < -0.4 is 10.6 Å². The van der Waals surface area contributed by atoms with Crippen LogP contribution in [0.15, 0.2) is 48.5 Å². The highest BCUT2D eigenvalue weighted by Crippen LogP contribution is 2.21. The van der Waals surface area contributed by atoms with Gasteiger partial charge in [0, 0.05) is 23.5 Å². The Morgan fingerprint density at radius 1 is 0.792 bits per heavy atom. The Kier molecular flexibility index (Phi) is 4.33. The summed E-state index contributed by atoms with van der Waals surface area (Å²) in [5.41, 5.74) is 1.35. The van der Waals surface area contributed by atoms with Crippen LogP contribution in [-0.2, 0) is 0 Å². The number of anilines is 4. The first-order chi connectivity index (χ1) is 11.5. The second-order valence-electron chi connectivity index (χ2n) is 5.10. The number of halogens is 3. The third-order valence-corrected chi connectivity index (χ3v) is 3.15. The zero-order valence-corrected chi connectivity index (χ0v) is 12.6. The molecule has 0 saturated carbocycles. The molecule has 0 unspecified atom stereocenters. The van der Waals surface area contributed by atoms with Crippen LogP contribution >= 0.6 is 0 Å². The zero-order chi connectivity index (χ0) is 17.1. The van der Waals surface area contributed by atoms with E-state index in [0.29, 0.717) is 17.2 Å². The highest BCUT2D eigenvalue weighted by molar-refractivity contribution is 5.60. The average Bonchev–Trinajstić information content (AvgIpc) is 2.52. The fourth-order valence-corrected chi connectivity index (χ4v) is 2.08. The van der Waals surface area contributed by atoms with Crippen molar-refractivity contribution in [2.75, 3.05) is 10.6 Å². The van der Waals surface area contributed by atoms with Gasteiger partial charge in [-0.25, -0.2) is 18.2 Å². The van der Waals surface area contributed by atoms with Crippen molar-refractivity contribution in [2.45, 2.75) is 6.92 Å². The van der Waals surface area contributed by atoms with E-state index in [4.69, 9.17) is 0 Å². The molecule has 0 atom stereocenters. The number of aryl methyl sites for hydroxylation is 1. The van der Waals surface area contributed by atoms with Gasteiger partial charge < -0.3 is 10.6 Å². The summed E-state index contributed by atoms with van der Waals surface area (Å²) in [6, 6.07) is 10.7. The number of nitrogens with one attached hydrogen (secondary N) is 2. The molecule has 0 amide bonds. The van der Waals surface area contributed by atoms with Crippen LogP contribution in [0.5, 0.6) is 0 Å². The van der Waals surface area contributed by atoms with E-state index in [9.17, 15) is 13.2 Å². The van der Waals surface area contributed by atoms with E-state index < -0.39 is 11.6 Å². The van der Waals surface area contributed by atoms with Crippen molar-refractivity contribution in [3.05, 3.63) is 71.7 Å². The van der Waals surface area contributed by atoms with Crippen molar-refractivity contribution in [1.82, 2.24) is 9.97 Å². The highest BCUT2D eigenvalue weighted by Gasteiger charge is 2.08. The normalized spacial score (nSPS) is 10.5. The Balaban J connectivity index is 1.84. The predicted octanol–water partition coefficient (Wildman–Crippen LogP) is 4.69. The van der Waals surface area contributed by atoms with E-state index in [2.05, 4.69) is 20.6 Å². The van der Waals surface area contributed by atoms with Crippen molar-refractivity contribution in [3.63, 3.8) is 0 Å². The van der Waals surface area contributed by atoms with Crippen LogP contribution in [0.25, 0.3) is 0 Å². The molecule has 122 valence electrons. The van der Waals surface area contributed by atoms with E-state index in [1.54, 1.807) is 25.1 Å². The molecule has 3 aromatic rings. The van der Waals surface area contributed by atoms with Gasteiger partial charge in [0.2, 0.25) is 5.95 Å². The molecular weight excluding hydrogens is 317 g/mol. The summed E-state index contributed by atoms with van der Waals surface area (Å²) < 4.78 is 39.6. The molecule has 1 aromatic heterocycles. The molecule has 24 heavy (non-hydrogen) atoms. The predicted molar refractivity (Wildman–Crippen MR) is 86.1 cm³/mol. The minimum absolute atomic E-state index is 0.0646. The number of benzene rings is 2. The minimum Gasteiger partial charge on any atom is -0.340 e. The van der Waals surface area contributed by atoms with Gasteiger partial charge in [0.15, 0.2) is 0 Å². The van der Waals surface area contributed by atoms with Gasteiger partial charge in [0.25, 0.3) is 0 Å². The second-order valence-corrected chi connectivity index (χ2v) is 5.10. The number of nitrogens with zero attached hydrogens (tertiary/aromatic N) is 2. The Labute approximate surface area is 136 Å². The lowest BCUT2D eigenvalue weighted by molar-refractivity contribution is 0.586. The van der Waals surface area contributed by atoms with E-state index in [-0.39, 0.29) is 17.5 Å². The first-order valence-electron chi connectivity index (χ1n) is 7.10. The van der Waals surface area contributed by atoms with Gasteiger partial charge in [-0.3, -0.25) is 0 Å². The topological polar surface area (TPSA) is 49.8 Å². The van der Waals surface area contributed by atoms with Gasteiger partial charge >= 0.3 is 0 Å². The van der Waals surface area contributed by atoms with E-state index in [0.717, 1.165) is 12.1 Å². The molecule has 0 saturated heterocycles. The maximum Gasteiger partial charge on any atom is 0.229 e. The molecule has 3 rings (SSSR count). The molecule has 2 aromatic carbocycles. The Morgan fingerprint density at radius 2 is 1.50 bits per heavy atom. The molecule has 0 aliphatic carbocycles. The van der Waals surface area contributed by atoms with Gasteiger partial charge in [-0.2, -0.15) is 4.98 Å². The average molecular weight is 330 g/mol. The lowest BCUT2D eigenvalue weighted by Crippen LogP contribution is -2.03. The number of hydrogen-bond acceptors (Lipinski definition) is 4. The van der Waals surface area contributed by atoms with Crippen molar-refractivity contribution in [1.29, 1.82) is 0 Å². The fraction of sp³-hybridized carbons (Fsp3) is 0.0588. The van der Waals surface area contributed by atoms with Gasteiger partial charge in [0.1, 0.15) is 23.3 Å². The van der Waals surface area contributed by atoms with E-state index in [1.807, 2.05) is 0 Å². The van der Waals surface area contributed by atoms with E-state index >= 15 is 0 Å². The smallest absolute Gasteiger partial charge is 0.229 e. The number of aromatic nitrogens is 2. The summed E-state index contributed by atoms with van der Waals surface area (Å²) >= 11 is 0. The summed E-state index contributed by atoms with van der Waals surface area (Å²) in [6.45, 7) is 1.75. The Morgan fingerprint density at radius 3 is 2.21 bits per heavy atom. The first-order valence-corrected chi connectivity index (χ1v) is 7.10. The van der Waals surface area contributed by atoms with Gasteiger partial charge in [-0.05, 0) is 43.3 Å². The first kappa shape index (κ1) is 15.8. The third kappa shape index (κ3) is 3.81. The molecule has 0 spiro atoms. The molecule has 0 bridgehead atoms.